The van der Waals surface area contributed by atoms with Crippen molar-refractivity contribution in [1.29, 1.82) is 0 Å². The maximum Gasteiger partial charge on any atom is 0.143 e. The quantitative estimate of drug-likeness (QED) is 0.188. The number of fused-ring (bicyclic) bond motifs is 5. The Morgan fingerprint density at radius 2 is 1.20 bits per heavy atom. The second kappa shape index (κ2) is 10.5. The highest BCUT2D eigenvalue weighted by Gasteiger charge is 2.22. The fourth-order valence-electron chi connectivity index (χ4n) is 6.65. The van der Waals surface area contributed by atoms with Gasteiger partial charge in [0.05, 0.1) is 11.0 Å². The van der Waals surface area contributed by atoms with E-state index >= 15 is 0 Å². The van der Waals surface area contributed by atoms with Crippen LogP contribution >= 0.6 is 0 Å². The first-order chi connectivity index (χ1) is 26.5. The molecule has 0 saturated carbocycles. The fraction of sp³-hybridized carbons (Fsp3) is 0.0455. The van der Waals surface area contributed by atoms with Gasteiger partial charge in [-0.25, -0.2) is 0 Å². The number of para-hydroxylation sites is 1. The zero-order chi connectivity index (χ0) is 38.4. The van der Waals surface area contributed by atoms with E-state index < -0.39 is 30.9 Å². The minimum Gasteiger partial charge on any atom is -0.455 e. The third-order valence-corrected chi connectivity index (χ3v) is 8.53. The van der Waals surface area contributed by atoms with Crippen LogP contribution in [0.5, 0.6) is 0 Å². The topological polar surface area (TPSA) is 13.1 Å². The lowest BCUT2D eigenvalue weighted by Crippen LogP contribution is -1.93. The van der Waals surface area contributed by atoms with Crippen molar-refractivity contribution in [3.8, 4) is 33.4 Å². The van der Waals surface area contributed by atoms with Crippen LogP contribution in [0.25, 0.3) is 82.4 Å². The van der Waals surface area contributed by atoms with E-state index in [2.05, 4.69) is 24.3 Å². The Labute approximate surface area is 276 Å². The lowest BCUT2D eigenvalue weighted by Gasteiger charge is -2.19. The molecule has 0 aliphatic heterocycles. The van der Waals surface area contributed by atoms with Gasteiger partial charge in [-0.3, -0.25) is 0 Å². The Morgan fingerprint density at radius 1 is 0.556 bits per heavy atom. The molecule has 1 nitrogen and oxygen atoms in total. The van der Waals surface area contributed by atoms with Crippen molar-refractivity contribution in [3.05, 3.63) is 163 Å². The largest absolute Gasteiger partial charge is 0.455 e. The Kier molecular flexibility index (Phi) is 4.11. The van der Waals surface area contributed by atoms with Gasteiger partial charge in [0, 0.05) is 19.1 Å². The average Bonchev–Trinajstić information content (AvgIpc) is 3.60. The second-order valence-corrected chi connectivity index (χ2v) is 11.0. The van der Waals surface area contributed by atoms with Gasteiger partial charge in [0.1, 0.15) is 11.2 Å². The molecule has 2 atom stereocenters. The van der Waals surface area contributed by atoms with Gasteiger partial charge in [-0.05, 0) is 91.5 Å². The summed E-state index contributed by atoms with van der Waals surface area (Å²) < 4.78 is 91.3. The van der Waals surface area contributed by atoms with E-state index in [1.165, 1.54) is 0 Å². The molecule has 8 aromatic rings. The molecule has 0 N–H and O–H groups in total. The average molecular weight is 585 g/mol. The van der Waals surface area contributed by atoms with Gasteiger partial charge in [0.2, 0.25) is 0 Å². The van der Waals surface area contributed by atoms with Crippen molar-refractivity contribution >= 4 is 49.1 Å². The SMILES string of the molecule is [2H]C1=C([2H])C([2H])C([2H])C([2H])=C1c1cccc(-c2c3ccccc3c(-c3ccc(-c4c([2H])c([2H])c([2H])c([2H])c4[2H])c4oc5ccccc5c34)c3ccccc23)c1. The van der Waals surface area contributed by atoms with E-state index in [1.807, 2.05) is 72.8 Å². The number of rotatable bonds is 4. The molecule has 1 aliphatic carbocycles. The lowest BCUT2D eigenvalue weighted by atomic mass is 9.84. The number of benzene rings is 7. The molecule has 0 amide bonds. The first-order valence-electron chi connectivity index (χ1n) is 19.9. The molecule has 9 rings (SSSR count). The third-order valence-electron chi connectivity index (χ3n) is 8.53. The maximum absolute atomic E-state index is 8.79. The van der Waals surface area contributed by atoms with Gasteiger partial charge in [-0.15, -0.1) is 0 Å². The zero-order valence-corrected chi connectivity index (χ0v) is 24.0. The summed E-state index contributed by atoms with van der Waals surface area (Å²) in [6.07, 6.45) is -2.54. The van der Waals surface area contributed by atoms with E-state index in [0.29, 0.717) is 22.3 Å². The van der Waals surface area contributed by atoms with Crippen molar-refractivity contribution in [3.63, 3.8) is 0 Å². The molecule has 0 radical (unpaired) electrons. The molecular formula is C44H30O. The van der Waals surface area contributed by atoms with Gasteiger partial charge in [0.25, 0.3) is 0 Å². The minimum atomic E-state index is -1.28. The fourth-order valence-corrected chi connectivity index (χ4v) is 6.65. The number of hydrogen-bond donors (Lipinski definition) is 0. The molecule has 1 heterocycles. The van der Waals surface area contributed by atoms with Crippen molar-refractivity contribution in [2.24, 2.45) is 0 Å². The lowest BCUT2D eigenvalue weighted by molar-refractivity contribution is 0.670. The van der Waals surface area contributed by atoms with Gasteiger partial charge in [0.15, 0.2) is 0 Å². The van der Waals surface area contributed by atoms with Crippen LogP contribution in [0.2, 0.25) is 0 Å². The summed E-state index contributed by atoms with van der Waals surface area (Å²) in [4.78, 5) is 0. The molecule has 2 unspecified atom stereocenters. The Balaban J connectivity index is 1.36. The van der Waals surface area contributed by atoms with E-state index in [-0.39, 0.29) is 41.4 Å². The van der Waals surface area contributed by atoms with Crippen molar-refractivity contribution < 1.29 is 18.1 Å². The molecule has 0 bridgehead atoms. The van der Waals surface area contributed by atoms with E-state index in [4.69, 9.17) is 18.1 Å². The molecule has 7 aromatic carbocycles. The smallest absolute Gasteiger partial charge is 0.143 e. The predicted molar refractivity (Wildman–Crippen MR) is 191 cm³/mol. The molecule has 212 valence electrons. The maximum atomic E-state index is 8.79. The van der Waals surface area contributed by atoms with Crippen LogP contribution in [0, 0.1) is 0 Å². The summed E-state index contributed by atoms with van der Waals surface area (Å²) in [6, 6.07) is 32.4. The molecule has 1 heteroatoms. The predicted octanol–water partition coefficient (Wildman–Crippen LogP) is 12.6. The summed E-state index contributed by atoms with van der Waals surface area (Å²) in [6.45, 7) is 0. The minimum absolute atomic E-state index is 0.0636. The Morgan fingerprint density at radius 3 is 1.96 bits per heavy atom. The Bertz CT molecular complexity index is 2930. The van der Waals surface area contributed by atoms with Gasteiger partial charge in [-0.1, -0.05) is 139 Å². The number of allylic oxidation sites excluding steroid dienone is 4. The van der Waals surface area contributed by atoms with Crippen LogP contribution in [-0.4, -0.2) is 0 Å². The van der Waals surface area contributed by atoms with Crippen LogP contribution in [0.4, 0.5) is 0 Å². The van der Waals surface area contributed by atoms with E-state index in [1.54, 1.807) is 12.1 Å². The normalized spacial score (nSPS) is 20.3. The number of hydrogen-bond acceptors (Lipinski definition) is 1. The molecule has 0 fully saturated rings. The highest BCUT2D eigenvalue weighted by Crippen LogP contribution is 2.48. The van der Waals surface area contributed by atoms with Crippen molar-refractivity contribution in [2.75, 3.05) is 0 Å². The van der Waals surface area contributed by atoms with E-state index in [9.17, 15) is 0 Å². The standard InChI is InChI=1S/C44H30O/c1-3-14-29(15-4-1)31-18-13-19-32(28-31)41-34-20-7-9-22-36(34)42(37-23-10-8-21-35(37)41)39-27-26-33(30-16-5-2-6-17-30)44-43(39)38-24-11-12-25-40(38)45-44/h2-3,5-28H,1,4H2/i1D,2D,3D,4D,5D,6D,14D,15D,16D,17D. The Hall–Kier alpha value is -5.66. The number of furan rings is 1. The van der Waals surface area contributed by atoms with Gasteiger partial charge >= 0.3 is 0 Å². The zero-order valence-electron chi connectivity index (χ0n) is 34.0. The molecule has 1 aromatic heterocycles. The van der Waals surface area contributed by atoms with Crippen LogP contribution in [0.1, 0.15) is 32.1 Å². The molecule has 0 spiro atoms. The van der Waals surface area contributed by atoms with Gasteiger partial charge in [-0.2, -0.15) is 0 Å². The monoisotopic (exact) mass is 584 g/mol. The van der Waals surface area contributed by atoms with Crippen LogP contribution in [0.3, 0.4) is 0 Å². The summed E-state index contributed by atoms with van der Waals surface area (Å²) in [5.74, 6) is 0. The summed E-state index contributed by atoms with van der Waals surface area (Å²) in [7, 11) is 0. The first-order valence-corrected chi connectivity index (χ1v) is 14.8. The first kappa shape index (κ1) is 17.6. The van der Waals surface area contributed by atoms with Gasteiger partial charge < -0.3 is 4.42 Å². The van der Waals surface area contributed by atoms with Crippen molar-refractivity contribution in [2.45, 2.75) is 12.8 Å². The van der Waals surface area contributed by atoms with Crippen LogP contribution in [-0.2, 0) is 0 Å². The second-order valence-electron chi connectivity index (χ2n) is 11.0. The van der Waals surface area contributed by atoms with E-state index in [0.717, 1.165) is 54.6 Å². The highest BCUT2D eigenvalue weighted by atomic mass is 16.3. The summed E-state index contributed by atoms with van der Waals surface area (Å²) >= 11 is 0. The third kappa shape index (κ3) is 4.16. The molecule has 45 heavy (non-hydrogen) atoms. The van der Waals surface area contributed by atoms with Crippen LogP contribution in [0.15, 0.2) is 162 Å². The van der Waals surface area contributed by atoms with Crippen LogP contribution < -0.4 is 0 Å². The van der Waals surface area contributed by atoms with Crippen molar-refractivity contribution in [1.82, 2.24) is 0 Å². The molecular weight excluding hydrogens is 544 g/mol. The summed E-state index contributed by atoms with van der Waals surface area (Å²) in [5.41, 5.74) is 5.69. The summed E-state index contributed by atoms with van der Waals surface area (Å²) in [5, 5.41) is 5.28. The molecule has 0 saturated heterocycles. The highest BCUT2D eigenvalue weighted by molar-refractivity contribution is 6.26. The molecule has 1 aliphatic rings.